The van der Waals surface area contributed by atoms with Gasteiger partial charge in [0.1, 0.15) is 11.7 Å². The summed E-state index contributed by atoms with van der Waals surface area (Å²) in [4.78, 5) is 24.8. The molecule has 22 heavy (non-hydrogen) atoms. The highest BCUT2D eigenvalue weighted by atomic mass is 19.1. The molecule has 0 saturated heterocycles. The molecule has 0 heterocycles. The van der Waals surface area contributed by atoms with Crippen molar-refractivity contribution in [1.29, 1.82) is 0 Å². The Labute approximate surface area is 128 Å². The molecule has 0 aliphatic carbocycles. The molecule has 2 rings (SSSR count). The number of Topliss-reactive ketones (excluding diaryl/α,β-unsaturated/α-hetero) is 1. The van der Waals surface area contributed by atoms with E-state index in [2.05, 4.69) is 0 Å². The first-order chi connectivity index (χ1) is 10.5. The lowest BCUT2D eigenvalue weighted by molar-refractivity contribution is -0.143. The lowest BCUT2D eigenvalue weighted by Gasteiger charge is -2.15. The van der Waals surface area contributed by atoms with Crippen molar-refractivity contribution in [2.45, 2.75) is 19.8 Å². The van der Waals surface area contributed by atoms with Crippen LogP contribution < -0.4 is 0 Å². The van der Waals surface area contributed by atoms with Crippen molar-refractivity contribution in [1.82, 2.24) is 0 Å². The number of carbonyl (C=O) groups is 2. The highest BCUT2D eigenvalue weighted by molar-refractivity contribution is 6.12. The molecule has 1 atom stereocenters. The molecule has 0 bridgehead atoms. The molecule has 2 aromatic carbocycles. The smallest absolute Gasteiger partial charge is 0.321 e. The highest BCUT2D eigenvalue weighted by Crippen LogP contribution is 2.23. The lowest BCUT2D eigenvalue weighted by atomic mass is 9.90. The summed E-state index contributed by atoms with van der Waals surface area (Å²) in [5.74, 6) is -2.48. The van der Waals surface area contributed by atoms with Crippen molar-refractivity contribution >= 4 is 11.8 Å². The van der Waals surface area contributed by atoms with Crippen LogP contribution in [0.2, 0.25) is 0 Å². The molecule has 114 valence electrons. The maximum Gasteiger partial charge on any atom is 0.321 e. The summed E-state index contributed by atoms with van der Waals surface area (Å²) >= 11 is 0. The van der Waals surface area contributed by atoms with Gasteiger partial charge in [-0.15, -0.1) is 0 Å². The van der Waals surface area contributed by atoms with Crippen molar-refractivity contribution in [3.05, 3.63) is 71.0 Å². The summed E-state index contributed by atoms with van der Waals surface area (Å²) in [7, 11) is 0. The van der Waals surface area contributed by atoms with Gasteiger partial charge >= 0.3 is 5.97 Å². The topological polar surface area (TPSA) is 43.4 Å². The third kappa shape index (κ3) is 3.58. The third-order valence-corrected chi connectivity index (χ3v) is 3.32. The summed E-state index contributed by atoms with van der Waals surface area (Å²) in [6, 6.07) is 12.3. The van der Waals surface area contributed by atoms with Gasteiger partial charge in [-0.1, -0.05) is 42.0 Å². The Kier molecular flexibility index (Phi) is 5.04. The van der Waals surface area contributed by atoms with E-state index in [0.717, 1.165) is 5.56 Å². The average Bonchev–Trinajstić information content (AvgIpc) is 2.50. The Balaban J connectivity index is 2.39. The van der Waals surface area contributed by atoms with E-state index in [4.69, 9.17) is 4.74 Å². The van der Waals surface area contributed by atoms with Crippen molar-refractivity contribution in [2.24, 2.45) is 0 Å². The van der Waals surface area contributed by atoms with Gasteiger partial charge in [-0.3, -0.25) is 9.59 Å². The molecule has 1 unspecified atom stereocenters. The second kappa shape index (κ2) is 6.98. The minimum Gasteiger partial charge on any atom is -0.465 e. The number of esters is 1. The molecule has 2 aromatic rings. The predicted octanol–water partition coefficient (Wildman–Crippen LogP) is 3.66. The van der Waals surface area contributed by atoms with Crippen LogP contribution in [0.3, 0.4) is 0 Å². The van der Waals surface area contributed by atoms with Gasteiger partial charge in [0, 0.05) is 5.56 Å². The maximum atomic E-state index is 13.1. The van der Waals surface area contributed by atoms with Crippen molar-refractivity contribution in [2.75, 3.05) is 6.61 Å². The van der Waals surface area contributed by atoms with Crippen LogP contribution in [0.15, 0.2) is 48.5 Å². The first-order valence-electron chi connectivity index (χ1n) is 7.06. The van der Waals surface area contributed by atoms with Crippen LogP contribution in [0.5, 0.6) is 0 Å². The maximum absolute atomic E-state index is 13.1. The van der Waals surface area contributed by atoms with E-state index in [1.807, 2.05) is 6.92 Å². The fourth-order valence-corrected chi connectivity index (χ4v) is 2.16. The molecule has 0 fully saturated rings. The van der Waals surface area contributed by atoms with Crippen LogP contribution in [0.25, 0.3) is 0 Å². The number of hydrogen-bond acceptors (Lipinski definition) is 3. The van der Waals surface area contributed by atoms with Gasteiger partial charge in [0.25, 0.3) is 0 Å². The number of carbonyl (C=O) groups excluding carboxylic acids is 2. The quantitative estimate of drug-likeness (QED) is 0.481. The average molecular weight is 300 g/mol. The number of ether oxygens (including phenoxy) is 1. The Morgan fingerprint density at radius 2 is 1.64 bits per heavy atom. The fourth-order valence-electron chi connectivity index (χ4n) is 2.16. The largest absolute Gasteiger partial charge is 0.465 e. The number of ketones is 1. The van der Waals surface area contributed by atoms with Crippen LogP contribution in [-0.2, 0) is 9.53 Å². The van der Waals surface area contributed by atoms with Gasteiger partial charge in [0.2, 0.25) is 0 Å². The van der Waals surface area contributed by atoms with E-state index >= 15 is 0 Å². The third-order valence-electron chi connectivity index (χ3n) is 3.32. The molecule has 0 radical (unpaired) electrons. The van der Waals surface area contributed by atoms with Gasteiger partial charge in [-0.2, -0.15) is 0 Å². The zero-order chi connectivity index (χ0) is 16.1. The fraction of sp³-hybridized carbons (Fsp3) is 0.222. The van der Waals surface area contributed by atoms with Crippen LogP contribution in [0, 0.1) is 12.7 Å². The standard InChI is InChI=1S/C18H17FO3/c1-3-22-18(21)16(13-8-10-15(19)11-9-13)17(20)14-6-4-12(2)5-7-14/h4-11,16H,3H2,1-2H3. The predicted molar refractivity (Wildman–Crippen MR) is 81.3 cm³/mol. The van der Waals surface area contributed by atoms with Gasteiger partial charge in [0.05, 0.1) is 6.61 Å². The molecule has 0 saturated carbocycles. The second-order valence-corrected chi connectivity index (χ2v) is 4.97. The second-order valence-electron chi connectivity index (χ2n) is 4.97. The molecule has 0 aliphatic rings. The molecule has 0 spiro atoms. The Hall–Kier alpha value is -2.49. The molecule has 4 heteroatoms. The summed E-state index contributed by atoms with van der Waals surface area (Å²) in [5.41, 5.74) is 1.87. The first-order valence-corrected chi connectivity index (χ1v) is 7.06. The summed E-state index contributed by atoms with van der Waals surface area (Å²) < 4.78 is 18.1. The van der Waals surface area contributed by atoms with Crippen LogP contribution >= 0.6 is 0 Å². The van der Waals surface area contributed by atoms with Crippen LogP contribution in [0.4, 0.5) is 4.39 Å². The van der Waals surface area contributed by atoms with E-state index in [9.17, 15) is 14.0 Å². The molecule has 0 aliphatic heterocycles. The zero-order valence-electron chi connectivity index (χ0n) is 12.5. The van der Waals surface area contributed by atoms with E-state index in [-0.39, 0.29) is 12.4 Å². The van der Waals surface area contributed by atoms with Crippen molar-refractivity contribution in [3.63, 3.8) is 0 Å². The number of halogens is 1. The van der Waals surface area contributed by atoms with Crippen LogP contribution in [0.1, 0.15) is 34.3 Å². The Morgan fingerprint density at radius 3 is 2.18 bits per heavy atom. The minimum absolute atomic E-state index is 0.178. The molecule has 0 aromatic heterocycles. The summed E-state index contributed by atoms with van der Waals surface area (Å²) in [5, 5.41) is 0. The van der Waals surface area contributed by atoms with Gasteiger partial charge in [-0.05, 0) is 31.5 Å². The van der Waals surface area contributed by atoms with E-state index in [1.165, 1.54) is 24.3 Å². The molecule has 0 amide bonds. The molecule has 3 nitrogen and oxygen atoms in total. The van der Waals surface area contributed by atoms with Gasteiger partial charge in [0.15, 0.2) is 5.78 Å². The van der Waals surface area contributed by atoms with E-state index in [1.54, 1.807) is 31.2 Å². The molecular formula is C18H17FO3. The zero-order valence-corrected chi connectivity index (χ0v) is 12.5. The van der Waals surface area contributed by atoms with Crippen molar-refractivity contribution < 1.29 is 18.7 Å². The van der Waals surface area contributed by atoms with Gasteiger partial charge in [-0.25, -0.2) is 4.39 Å². The van der Waals surface area contributed by atoms with Crippen molar-refractivity contribution in [3.8, 4) is 0 Å². The monoisotopic (exact) mass is 300 g/mol. The molecular weight excluding hydrogens is 283 g/mol. The van der Waals surface area contributed by atoms with Gasteiger partial charge < -0.3 is 4.74 Å². The van der Waals surface area contributed by atoms with E-state index in [0.29, 0.717) is 11.1 Å². The van der Waals surface area contributed by atoms with E-state index < -0.39 is 17.7 Å². The SMILES string of the molecule is CCOC(=O)C(C(=O)c1ccc(C)cc1)c1ccc(F)cc1. The number of rotatable bonds is 5. The Morgan fingerprint density at radius 1 is 1.05 bits per heavy atom. The summed E-state index contributed by atoms with van der Waals surface area (Å²) in [6.07, 6.45) is 0. The lowest BCUT2D eigenvalue weighted by Crippen LogP contribution is -2.24. The van der Waals surface area contributed by atoms with Crippen LogP contribution in [-0.4, -0.2) is 18.4 Å². The number of benzene rings is 2. The summed E-state index contributed by atoms with van der Waals surface area (Å²) in [6.45, 7) is 3.77. The normalized spacial score (nSPS) is 11.8. The highest BCUT2D eigenvalue weighted by Gasteiger charge is 2.30. The Bertz CT molecular complexity index is 660. The number of hydrogen-bond donors (Lipinski definition) is 0. The first kappa shape index (κ1) is 15.9. The molecule has 0 N–H and O–H groups in total. The minimum atomic E-state index is -1.08. The number of aryl methyl sites for hydroxylation is 1.